The highest BCUT2D eigenvalue weighted by molar-refractivity contribution is 9.10. The predicted octanol–water partition coefficient (Wildman–Crippen LogP) is 5.00. The molecule has 0 atom stereocenters. The number of nitrogens with one attached hydrogen (secondary N) is 2. The lowest BCUT2D eigenvalue weighted by Crippen LogP contribution is -2.14. The summed E-state index contributed by atoms with van der Waals surface area (Å²) in [6, 6.07) is 14.0. The zero-order valence-corrected chi connectivity index (χ0v) is 16.6. The van der Waals surface area contributed by atoms with E-state index in [0.717, 1.165) is 19.8 Å². The van der Waals surface area contributed by atoms with Crippen LogP contribution in [0, 0.1) is 11.3 Å². The van der Waals surface area contributed by atoms with Gasteiger partial charge in [-0.3, -0.25) is 4.72 Å². The minimum Gasteiger partial charge on any atom is -0.361 e. The summed E-state index contributed by atoms with van der Waals surface area (Å²) in [7, 11) is -3.98. The molecule has 5 nitrogen and oxygen atoms in total. The molecule has 0 unspecified atom stereocenters. The number of fused-ring (bicyclic) bond motifs is 1. The molecule has 0 spiro atoms. The van der Waals surface area contributed by atoms with Crippen molar-refractivity contribution in [2.24, 2.45) is 0 Å². The van der Waals surface area contributed by atoms with Crippen molar-refractivity contribution in [3.05, 3.63) is 68.1 Å². The largest absolute Gasteiger partial charge is 0.361 e. The lowest BCUT2D eigenvalue weighted by molar-refractivity contribution is 0.608. The minimum absolute atomic E-state index is 0.365. The first-order valence-electron chi connectivity index (χ1n) is 7.06. The third-order valence-electron chi connectivity index (χ3n) is 3.46. The van der Waals surface area contributed by atoms with E-state index in [2.05, 4.69) is 41.6 Å². The van der Waals surface area contributed by atoms with E-state index in [4.69, 9.17) is 0 Å². The SMILES string of the molecule is N#CC(=Cc1c[nH]c2ccc(Br)cc12)S(=O)(=O)Nc1ccc(Br)cc1. The normalized spacial score (nSPS) is 12.1. The average Bonchev–Trinajstić information content (AvgIpc) is 2.96. The highest BCUT2D eigenvalue weighted by Gasteiger charge is 2.18. The smallest absolute Gasteiger partial charge is 0.272 e. The second-order valence-electron chi connectivity index (χ2n) is 5.17. The number of allylic oxidation sites excluding steroid dienone is 1. The number of aromatic nitrogens is 1. The summed E-state index contributed by atoms with van der Waals surface area (Å²) >= 11 is 6.68. The lowest BCUT2D eigenvalue weighted by Gasteiger charge is -2.07. The highest BCUT2D eigenvalue weighted by Crippen LogP contribution is 2.26. The Hall–Kier alpha value is -2.08. The van der Waals surface area contributed by atoms with Crippen molar-refractivity contribution >= 4 is 64.5 Å². The van der Waals surface area contributed by atoms with Crippen LogP contribution >= 0.6 is 31.9 Å². The molecule has 0 saturated heterocycles. The number of halogens is 2. The number of hydrogen-bond donors (Lipinski definition) is 2. The number of nitrogens with zero attached hydrogens (tertiary/aromatic N) is 1. The standard InChI is InChI=1S/C17H11Br2N3O2S/c18-12-1-4-14(5-2-12)22-25(23,24)15(9-20)7-11-10-21-17-6-3-13(19)8-16(11)17/h1-8,10,21-22H. The molecule has 0 aliphatic carbocycles. The number of anilines is 1. The molecular formula is C17H11Br2N3O2S. The second-order valence-corrected chi connectivity index (χ2v) is 8.65. The first-order chi connectivity index (χ1) is 11.9. The molecule has 0 amide bonds. The third kappa shape index (κ3) is 3.95. The maximum atomic E-state index is 12.5. The Morgan fingerprint density at radius 1 is 1.12 bits per heavy atom. The van der Waals surface area contributed by atoms with Crippen LogP contribution in [0.25, 0.3) is 17.0 Å². The maximum Gasteiger partial charge on any atom is 0.272 e. The zero-order chi connectivity index (χ0) is 18.0. The first kappa shape index (κ1) is 17.7. The second kappa shape index (κ2) is 7.04. The fourth-order valence-electron chi connectivity index (χ4n) is 2.27. The van der Waals surface area contributed by atoms with E-state index in [9.17, 15) is 13.7 Å². The summed E-state index contributed by atoms with van der Waals surface area (Å²) in [5.74, 6) is 0. The Morgan fingerprint density at radius 3 is 2.48 bits per heavy atom. The Bertz CT molecular complexity index is 1110. The summed E-state index contributed by atoms with van der Waals surface area (Å²) < 4.78 is 29.1. The molecule has 0 aliphatic rings. The van der Waals surface area contributed by atoms with E-state index >= 15 is 0 Å². The third-order valence-corrected chi connectivity index (χ3v) is 5.77. The Morgan fingerprint density at radius 2 is 1.80 bits per heavy atom. The molecule has 3 rings (SSSR count). The van der Waals surface area contributed by atoms with Crippen molar-refractivity contribution in [3.8, 4) is 6.07 Å². The van der Waals surface area contributed by atoms with Gasteiger partial charge in [0.1, 0.15) is 6.07 Å². The van der Waals surface area contributed by atoms with E-state index in [-0.39, 0.29) is 4.91 Å². The predicted molar refractivity (Wildman–Crippen MR) is 106 cm³/mol. The van der Waals surface area contributed by atoms with Crippen molar-refractivity contribution in [3.63, 3.8) is 0 Å². The monoisotopic (exact) mass is 479 g/mol. The Labute approximate surface area is 161 Å². The van der Waals surface area contributed by atoms with Crippen LogP contribution in [0.1, 0.15) is 5.56 Å². The van der Waals surface area contributed by atoms with Crippen LogP contribution < -0.4 is 4.72 Å². The first-order valence-corrected chi connectivity index (χ1v) is 10.1. The molecule has 0 saturated carbocycles. The van der Waals surface area contributed by atoms with Gasteiger partial charge < -0.3 is 4.98 Å². The van der Waals surface area contributed by atoms with Crippen LogP contribution in [0.2, 0.25) is 0 Å². The maximum absolute atomic E-state index is 12.5. The number of aromatic amines is 1. The highest BCUT2D eigenvalue weighted by atomic mass is 79.9. The molecule has 2 N–H and O–H groups in total. The quantitative estimate of drug-likeness (QED) is 0.515. The Balaban J connectivity index is 2.00. The number of rotatable bonds is 4. The van der Waals surface area contributed by atoms with E-state index in [1.807, 2.05) is 18.2 Å². The molecule has 126 valence electrons. The van der Waals surface area contributed by atoms with Crippen LogP contribution in [-0.4, -0.2) is 13.4 Å². The number of hydrogen-bond acceptors (Lipinski definition) is 3. The van der Waals surface area contributed by atoms with E-state index in [1.165, 1.54) is 6.08 Å². The molecule has 0 radical (unpaired) electrons. The van der Waals surface area contributed by atoms with Crippen molar-refractivity contribution in [1.29, 1.82) is 5.26 Å². The number of nitriles is 1. The molecule has 0 aliphatic heterocycles. The molecule has 1 heterocycles. The topological polar surface area (TPSA) is 85.8 Å². The molecule has 2 aromatic carbocycles. The van der Waals surface area contributed by atoms with E-state index in [0.29, 0.717) is 11.3 Å². The molecule has 3 aromatic rings. The summed E-state index contributed by atoms with van der Waals surface area (Å²) in [5.41, 5.74) is 1.85. The number of sulfonamides is 1. The summed E-state index contributed by atoms with van der Waals surface area (Å²) in [4.78, 5) is 2.69. The van der Waals surface area contributed by atoms with Crippen LogP contribution in [0.15, 0.2) is 62.5 Å². The average molecular weight is 481 g/mol. The van der Waals surface area contributed by atoms with Crippen LogP contribution in [-0.2, 0) is 10.0 Å². The van der Waals surface area contributed by atoms with Crippen LogP contribution in [0.4, 0.5) is 5.69 Å². The van der Waals surface area contributed by atoms with Gasteiger partial charge >= 0.3 is 0 Å². The van der Waals surface area contributed by atoms with Crippen molar-refractivity contribution in [2.45, 2.75) is 0 Å². The van der Waals surface area contributed by atoms with E-state index < -0.39 is 10.0 Å². The van der Waals surface area contributed by atoms with Gasteiger partial charge in [-0.1, -0.05) is 31.9 Å². The molecule has 8 heteroatoms. The molecule has 1 aromatic heterocycles. The van der Waals surface area contributed by atoms with Gasteiger partial charge in [0, 0.05) is 37.3 Å². The van der Waals surface area contributed by atoms with Gasteiger partial charge in [0.05, 0.1) is 0 Å². The van der Waals surface area contributed by atoms with Gasteiger partial charge in [-0.05, 0) is 48.5 Å². The number of H-pyrrole nitrogens is 1. The van der Waals surface area contributed by atoms with Gasteiger partial charge in [-0.25, -0.2) is 8.42 Å². The lowest BCUT2D eigenvalue weighted by atomic mass is 10.1. The fraction of sp³-hybridized carbons (Fsp3) is 0. The van der Waals surface area contributed by atoms with Crippen molar-refractivity contribution in [2.75, 3.05) is 4.72 Å². The number of benzene rings is 2. The molecule has 0 fully saturated rings. The van der Waals surface area contributed by atoms with Gasteiger partial charge in [-0.15, -0.1) is 0 Å². The molecule has 0 bridgehead atoms. The van der Waals surface area contributed by atoms with Crippen LogP contribution in [0.5, 0.6) is 0 Å². The van der Waals surface area contributed by atoms with Gasteiger partial charge in [0.2, 0.25) is 0 Å². The minimum atomic E-state index is -3.98. The molecular weight excluding hydrogens is 470 g/mol. The van der Waals surface area contributed by atoms with Gasteiger partial charge in [-0.2, -0.15) is 5.26 Å². The van der Waals surface area contributed by atoms with Crippen molar-refractivity contribution < 1.29 is 8.42 Å². The van der Waals surface area contributed by atoms with Crippen LogP contribution in [0.3, 0.4) is 0 Å². The summed E-state index contributed by atoms with van der Waals surface area (Å²) in [6.45, 7) is 0. The summed E-state index contributed by atoms with van der Waals surface area (Å²) in [6.07, 6.45) is 3.02. The fourth-order valence-corrected chi connectivity index (χ4v) is 3.86. The van der Waals surface area contributed by atoms with E-state index in [1.54, 1.807) is 36.5 Å². The summed E-state index contributed by atoms with van der Waals surface area (Å²) in [5, 5.41) is 10.2. The van der Waals surface area contributed by atoms with Crippen molar-refractivity contribution in [1.82, 2.24) is 4.98 Å². The Kier molecular flexibility index (Phi) is 4.99. The van der Waals surface area contributed by atoms with Gasteiger partial charge in [0.25, 0.3) is 10.0 Å². The van der Waals surface area contributed by atoms with Gasteiger partial charge in [0.15, 0.2) is 4.91 Å². The zero-order valence-electron chi connectivity index (χ0n) is 12.6. The molecule has 25 heavy (non-hydrogen) atoms.